The lowest BCUT2D eigenvalue weighted by Crippen LogP contribution is -2.49. The normalized spacial score (nSPS) is 18.6. The molecule has 0 radical (unpaired) electrons. The van der Waals surface area contributed by atoms with Gasteiger partial charge < -0.3 is 4.90 Å². The van der Waals surface area contributed by atoms with Crippen molar-refractivity contribution in [1.29, 1.82) is 0 Å². The van der Waals surface area contributed by atoms with Gasteiger partial charge in [-0.3, -0.25) is 9.69 Å². The molecular formula is C18H28N2O. The summed E-state index contributed by atoms with van der Waals surface area (Å²) in [5.74, 6) is 0.272. The van der Waals surface area contributed by atoms with E-state index in [-0.39, 0.29) is 5.78 Å². The SMILES string of the molecule is CCC(C)N1CCN(CCCC(=O)c2ccccc2)CC1. The first-order valence-electron chi connectivity index (χ1n) is 8.25. The molecule has 1 heterocycles. The maximum Gasteiger partial charge on any atom is 0.162 e. The molecule has 1 aliphatic rings. The van der Waals surface area contributed by atoms with Crippen molar-refractivity contribution in [3.63, 3.8) is 0 Å². The molecule has 1 aromatic rings. The highest BCUT2D eigenvalue weighted by molar-refractivity contribution is 5.95. The molecule has 1 fully saturated rings. The minimum absolute atomic E-state index is 0.272. The summed E-state index contributed by atoms with van der Waals surface area (Å²) in [6.07, 6.45) is 2.86. The quantitative estimate of drug-likeness (QED) is 0.720. The van der Waals surface area contributed by atoms with Crippen molar-refractivity contribution in [2.45, 2.75) is 39.2 Å². The third-order valence-electron chi connectivity index (χ3n) is 4.59. The predicted molar refractivity (Wildman–Crippen MR) is 87.8 cm³/mol. The second-order valence-corrected chi connectivity index (χ2v) is 6.03. The fourth-order valence-corrected chi connectivity index (χ4v) is 2.92. The topological polar surface area (TPSA) is 23.6 Å². The van der Waals surface area contributed by atoms with E-state index in [2.05, 4.69) is 23.6 Å². The molecule has 0 spiro atoms. The highest BCUT2D eigenvalue weighted by Gasteiger charge is 2.19. The lowest BCUT2D eigenvalue weighted by atomic mass is 10.1. The van der Waals surface area contributed by atoms with Crippen molar-refractivity contribution >= 4 is 5.78 Å². The Labute approximate surface area is 128 Å². The molecule has 0 aromatic heterocycles. The van der Waals surface area contributed by atoms with Crippen LogP contribution in [0.3, 0.4) is 0 Å². The highest BCUT2D eigenvalue weighted by atomic mass is 16.1. The van der Waals surface area contributed by atoms with E-state index >= 15 is 0 Å². The number of Topliss-reactive ketones (excluding diaryl/α,β-unsaturated/α-hetero) is 1. The number of rotatable bonds is 7. The number of nitrogens with zero attached hydrogens (tertiary/aromatic N) is 2. The molecule has 116 valence electrons. The summed E-state index contributed by atoms with van der Waals surface area (Å²) in [7, 11) is 0. The Kier molecular flexibility index (Phi) is 6.40. The summed E-state index contributed by atoms with van der Waals surface area (Å²) in [6, 6.07) is 10.3. The summed E-state index contributed by atoms with van der Waals surface area (Å²) >= 11 is 0. The van der Waals surface area contributed by atoms with E-state index < -0.39 is 0 Å². The van der Waals surface area contributed by atoms with E-state index in [1.807, 2.05) is 30.3 Å². The van der Waals surface area contributed by atoms with E-state index in [1.54, 1.807) is 0 Å². The van der Waals surface area contributed by atoms with Crippen LogP contribution in [0.4, 0.5) is 0 Å². The van der Waals surface area contributed by atoms with Crippen LogP contribution in [0, 0.1) is 0 Å². The van der Waals surface area contributed by atoms with Crippen LogP contribution in [-0.4, -0.2) is 54.3 Å². The van der Waals surface area contributed by atoms with Gasteiger partial charge in [-0.15, -0.1) is 0 Å². The largest absolute Gasteiger partial charge is 0.301 e. The van der Waals surface area contributed by atoms with Gasteiger partial charge in [0.1, 0.15) is 0 Å². The predicted octanol–water partition coefficient (Wildman–Crippen LogP) is 3.07. The van der Waals surface area contributed by atoms with Crippen molar-refractivity contribution in [3.8, 4) is 0 Å². The second kappa shape index (κ2) is 8.30. The molecule has 1 atom stereocenters. The maximum atomic E-state index is 12.0. The summed E-state index contributed by atoms with van der Waals surface area (Å²) in [5, 5.41) is 0. The fourth-order valence-electron chi connectivity index (χ4n) is 2.92. The number of benzene rings is 1. The molecule has 1 aromatic carbocycles. The molecule has 0 aliphatic carbocycles. The van der Waals surface area contributed by atoms with E-state index in [0.717, 1.165) is 31.6 Å². The Morgan fingerprint density at radius 3 is 2.43 bits per heavy atom. The van der Waals surface area contributed by atoms with Gasteiger partial charge in [0, 0.05) is 44.2 Å². The molecule has 1 aliphatic heterocycles. The van der Waals surface area contributed by atoms with Crippen LogP contribution in [0.25, 0.3) is 0 Å². The standard InChI is InChI=1S/C18H28N2O/c1-3-16(2)20-14-12-19(13-15-20)11-7-10-18(21)17-8-5-4-6-9-17/h4-6,8-9,16H,3,7,10-15H2,1-2H3. The van der Waals surface area contributed by atoms with E-state index in [1.165, 1.54) is 19.5 Å². The van der Waals surface area contributed by atoms with E-state index in [4.69, 9.17) is 0 Å². The smallest absolute Gasteiger partial charge is 0.162 e. The van der Waals surface area contributed by atoms with Gasteiger partial charge in [-0.25, -0.2) is 0 Å². The monoisotopic (exact) mass is 288 g/mol. The second-order valence-electron chi connectivity index (χ2n) is 6.03. The summed E-state index contributed by atoms with van der Waals surface area (Å²) < 4.78 is 0. The minimum Gasteiger partial charge on any atom is -0.301 e. The highest BCUT2D eigenvalue weighted by Crippen LogP contribution is 2.10. The maximum absolute atomic E-state index is 12.0. The van der Waals surface area contributed by atoms with Gasteiger partial charge in [0.25, 0.3) is 0 Å². The Bertz CT molecular complexity index is 424. The molecule has 3 nitrogen and oxygen atoms in total. The van der Waals surface area contributed by atoms with Gasteiger partial charge in [0.15, 0.2) is 5.78 Å². The Hall–Kier alpha value is -1.19. The van der Waals surface area contributed by atoms with Crippen LogP contribution in [0.5, 0.6) is 0 Å². The van der Waals surface area contributed by atoms with Crippen molar-refractivity contribution in [1.82, 2.24) is 9.80 Å². The molecule has 1 unspecified atom stereocenters. The van der Waals surface area contributed by atoms with Gasteiger partial charge in [-0.2, -0.15) is 0 Å². The van der Waals surface area contributed by atoms with Gasteiger partial charge in [0.05, 0.1) is 0 Å². The number of carbonyl (C=O) groups excluding carboxylic acids is 1. The van der Waals surface area contributed by atoms with Gasteiger partial charge in [-0.05, 0) is 26.3 Å². The molecule has 0 amide bonds. The summed E-state index contributed by atoms with van der Waals surface area (Å²) in [6.45, 7) is 10.2. The van der Waals surface area contributed by atoms with E-state index in [0.29, 0.717) is 12.5 Å². The molecule has 2 rings (SSSR count). The molecular weight excluding hydrogens is 260 g/mol. The first kappa shape index (κ1) is 16.2. The molecule has 3 heteroatoms. The first-order valence-corrected chi connectivity index (χ1v) is 8.25. The zero-order valence-electron chi connectivity index (χ0n) is 13.4. The molecule has 0 saturated carbocycles. The van der Waals surface area contributed by atoms with Gasteiger partial charge in [-0.1, -0.05) is 37.3 Å². The van der Waals surface area contributed by atoms with Crippen LogP contribution in [0.1, 0.15) is 43.5 Å². The van der Waals surface area contributed by atoms with Crippen molar-refractivity contribution < 1.29 is 4.79 Å². The zero-order chi connectivity index (χ0) is 15.1. The lowest BCUT2D eigenvalue weighted by molar-refractivity contribution is 0.0919. The number of piperazine rings is 1. The number of carbonyl (C=O) groups is 1. The van der Waals surface area contributed by atoms with Crippen LogP contribution in [0.15, 0.2) is 30.3 Å². The Balaban J connectivity index is 1.65. The third-order valence-corrected chi connectivity index (χ3v) is 4.59. The lowest BCUT2D eigenvalue weighted by Gasteiger charge is -2.37. The van der Waals surface area contributed by atoms with Crippen LogP contribution >= 0.6 is 0 Å². The van der Waals surface area contributed by atoms with Crippen molar-refractivity contribution in [2.24, 2.45) is 0 Å². The number of ketones is 1. The zero-order valence-corrected chi connectivity index (χ0v) is 13.4. The fraction of sp³-hybridized carbons (Fsp3) is 0.611. The number of hydrogen-bond donors (Lipinski definition) is 0. The average Bonchev–Trinajstić information content (AvgIpc) is 2.55. The van der Waals surface area contributed by atoms with Gasteiger partial charge >= 0.3 is 0 Å². The van der Waals surface area contributed by atoms with Crippen molar-refractivity contribution in [3.05, 3.63) is 35.9 Å². The Morgan fingerprint density at radius 1 is 1.14 bits per heavy atom. The average molecular weight is 288 g/mol. The third kappa shape index (κ3) is 4.94. The summed E-state index contributed by atoms with van der Waals surface area (Å²) in [5.41, 5.74) is 0.846. The minimum atomic E-state index is 0.272. The molecule has 21 heavy (non-hydrogen) atoms. The first-order chi connectivity index (χ1) is 10.2. The summed E-state index contributed by atoms with van der Waals surface area (Å²) in [4.78, 5) is 17.1. The van der Waals surface area contributed by atoms with E-state index in [9.17, 15) is 4.79 Å². The van der Waals surface area contributed by atoms with Crippen molar-refractivity contribution in [2.75, 3.05) is 32.7 Å². The molecule has 0 bridgehead atoms. The Morgan fingerprint density at radius 2 is 1.81 bits per heavy atom. The molecule has 1 saturated heterocycles. The van der Waals surface area contributed by atoms with Gasteiger partial charge in [0.2, 0.25) is 0 Å². The molecule has 0 N–H and O–H groups in total. The number of hydrogen-bond acceptors (Lipinski definition) is 3. The van der Waals surface area contributed by atoms with Crippen LogP contribution in [-0.2, 0) is 0 Å². The van der Waals surface area contributed by atoms with Crippen LogP contribution in [0.2, 0.25) is 0 Å². The van der Waals surface area contributed by atoms with Crippen LogP contribution < -0.4 is 0 Å².